The summed E-state index contributed by atoms with van der Waals surface area (Å²) in [5.41, 5.74) is 0. The number of carbonyl (C=O) groups is 3. The summed E-state index contributed by atoms with van der Waals surface area (Å²) in [6.07, 6.45) is 65.7. The van der Waals surface area contributed by atoms with E-state index in [4.69, 9.17) is 14.2 Å². The van der Waals surface area contributed by atoms with E-state index < -0.39 is 6.10 Å². The highest BCUT2D eigenvalue weighted by molar-refractivity contribution is 5.71. The molecule has 1 unspecified atom stereocenters. The summed E-state index contributed by atoms with van der Waals surface area (Å²) >= 11 is 0. The van der Waals surface area contributed by atoms with E-state index in [0.29, 0.717) is 19.3 Å². The highest BCUT2D eigenvalue weighted by Gasteiger charge is 2.19. The van der Waals surface area contributed by atoms with E-state index in [1.54, 1.807) is 0 Å². The third-order valence-corrected chi connectivity index (χ3v) is 12.9. The number of esters is 3. The van der Waals surface area contributed by atoms with Crippen molar-refractivity contribution >= 4 is 17.9 Å². The van der Waals surface area contributed by atoms with Crippen molar-refractivity contribution in [2.45, 2.75) is 316 Å². The number of carbonyl (C=O) groups excluding carboxylic acids is 3. The van der Waals surface area contributed by atoms with E-state index in [9.17, 15) is 14.4 Å². The number of hydrogen-bond donors (Lipinski definition) is 0. The molecule has 1 atom stereocenters. The molecule has 6 nitrogen and oxygen atoms in total. The molecule has 0 saturated carbocycles. The average molecular weight is 928 g/mol. The first-order valence-electron chi connectivity index (χ1n) is 29.0. The highest BCUT2D eigenvalue weighted by atomic mass is 16.6. The van der Waals surface area contributed by atoms with Crippen molar-refractivity contribution in [1.29, 1.82) is 0 Å². The molecule has 386 valence electrons. The average Bonchev–Trinajstić information content (AvgIpc) is 3.31. The molecule has 6 heteroatoms. The Bertz CT molecular complexity index is 1110. The van der Waals surface area contributed by atoms with Crippen molar-refractivity contribution < 1.29 is 28.6 Å². The van der Waals surface area contributed by atoms with Crippen LogP contribution in [0.4, 0.5) is 0 Å². The minimum Gasteiger partial charge on any atom is -0.462 e. The van der Waals surface area contributed by atoms with E-state index in [2.05, 4.69) is 57.2 Å². The molecule has 0 heterocycles. The minimum atomic E-state index is -0.768. The molecule has 0 spiro atoms. The molecule has 0 fully saturated rings. The van der Waals surface area contributed by atoms with Crippen LogP contribution in [0.1, 0.15) is 310 Å². The summed E-state index contributed by atoms with van der Waals surface area (Å²) in [6, 6.07) is 0. The number of ether oxygens (including phenoxy) is 3. The van der Waals surface area contributed by atoms with Crippen molar-refractivity contribution in [3.8, 4) is 0 Å². The SMILES string of the molecule is CCCCCCC/C=C\C/C=C\C/C=C\CCCCCCCCCCCCC(=O)OCC(COC(=O)CCCCCCCCCCCC)OC(=O)CCCCCCCCCCCCCCC. The Balaban J connectivity index is 4.20. The molecular weight excluding hydrogens is 817 g/mol. The third kappa shape index (κ3) is 52.6. The smallest absolute Gasteiger partial charge is 0.306 e. The van der Waals surface area contributed by atoms with E-state index in [-0.39, 0.29) is 31.1 Å². The molecule has 0 saturated heterocycles. The van der Waals surface area contributed by atoms with Crippen molar-refractivity contribution in [1.82, 2.24) is 0 Å². The fourth-order valence-electron chi connectivity index (χ4n) is 8.51. The molecule has 0 rings (SSSR count). The fourth-order valence-corrected chi connectivity index (χ4v) is 8.51. The second kappa shape index (κ2) is 55.2. The van der Waals surface area contributed by atoms with Crippen LogP contribution in [0.5, 0.6) is 0 Å². The van der Waals surface area contributed by atoms with E-state index in [0.717, 1.165) is 70.6 Å². The Morgan fingerprint density at radius 2 is 0.545 bits per heavy atom. The molecule has 0 bridgehead atoms. The second-order valence-corrected chi connectivity index (χ2v) is 19.6. The van der Waals surface area contributed by atoms with Gasteiger partial charge >= 0.3 is 17.9 Å². The van der Waals surface area contributed by atoms with Crippen LogP contribution in [0.3, 0.4) is 0 Å². The maximum absolute atomic E-state index is 12.8. The largest absolute Gasteiger partial charge is 0.462 e. The predicted octanol–water partition coefficient (Wildman–Crippen LogP) is 19.3. The number of rotatable bonds is 53. The molecule has 0 aliphatic carbocycles. The normalized spacial score (nSPS) is 12.2. The van der Waals surface area contributed by atoms with Crippen LogP contribution in [-0.4, -0.2) is 37.2 Å². The molecule has 0 radical (unpaired) electrons. The van der Waals surface area contributed by atoms with Gasteiger partial charge in [-0.25, -0.2) is 0 Å². The van der Waals surface area contributed by atoms with Gasteiger partial charge in [0.2, 0.25) is 0 Å². The lowest BCUT2D eigenvalue weighted by atomic mass is 10.0. The molecule has 66 heavy (non-hydrogen) atoms. The van der Waals surface area contributed by atoms with Gasteiger partial charge in [-0.3, -0.25) is 14.4 Å². The standard InChI is InChI=1S/C60H110O6/c1-4-7-10-13-16-19-22-24-25-26-27-28-29-30-31-32-33-34-35-37-38-41-44-47-50-53-59(62)65-56-57(55-64-58(61)52-49-46-43-40-21-18-15-12-9-6-3)66-60(63)54-51-48-45-42-39-36-23-20-17-14-11-8-5-2/h22,24,26-27,29-30,57H,4-21,23,25,28,31-56H2,1-3H3/b24-22-,27-26-,30-29-. The molecular formula is C60H110O6. The summed E-state index contributed by atoms with van der Waals surface area (Å²) in [6.45, 7) is 6.64. The zero-order valence-electron chi connectivity index (χ0n) is 44.2. The maximum atomic E-state index is 12.8. The zero-order valence-corrected chi connectivity index (χ0v) is 44.2. The first-order chi connectivity index (χ1) is 32.5. The summed E-state index contributed by atoms with van der Waals surface area (Å²) < 4.78 is 16.8. The molecule has 0 aromatic rings. The molecule has 0 aromatic heterocycles. The van der Waals surface area contributed by atoms with Gasteiger partial charge in [-0.1, -0.05) is 269 Å². The van der Waals surface area contributed by atoms with Crippen LogP contribution in [0.2, 0.25) is 0 Å². The molecule has 0 aliphatic heterocycles. The lowest BCUT2D eigenvalue weighted by molar-refractivity contribution is -0.167. The van der Waals surface area contributed by atoms with Gasteiger partial charge in [0.05, 0.1) is 0 Å². The Hall–Kier alpha value is -2.37. The number of allylic oxidation sites excluding steroid dienone is 6. The van der Waals surface area contributed by atoms with Gasteiger partial charge in [0.25, 0.3) is 0 Å². The first-order valence-corrected chi connectivity index (χ1v) is 29.0. The van der Waals surface area contributed by atoms with Crippen LogP contribution in [0.25, 0.3) is 0 Å². The lowest BCUT2D eigenvalue weighted by Gasteiger charge is -2.18. The van der Waals surface area contributed by atoms with Crippen molar-refractivity contribution in [3.05, 3.63) is 36.5 Å². The number of unbranched alkanes of at least 4 members (excludes halogenated alkanes) is 36. The zero-order chi connectivity index (χ0) is 47.9. The van der Waals surface area contributed by atoms with Crippen molar-refractivity contribution in [2.75, 3.05) is 13.2 Å². The van der Waals surface area contributed by atoms with Crippen LogP contribution >= 0.6 is 0 Å². The Morgan fingerprint density at radius 3 is 0.848 bits per heavy atom. The fraction of sp³-hybridized carbons (Fsp3) is 0.850. The third-order valence-electron chi connectivity index (χ3n) is 12.9. The van der Waals surface area contributed by atoms with Gasteiger partial charge < -0.3 is 14.2 Å². The first kappa shape index (κ1) is 63.6. The summed E-state index contributed by atoms with van der Waals surface area (Å²) in [7, 11) is 0. The summed E-state index contributed by atoms with van der Waals surface area (Å²) in [4.78, 5) is 38.0. The van der Waals surface area contributed by atoms with Crippen molar-refractivity contribution in [3.63, 3.8) is 0 Å². The summed E-state index contributed by atoms with van der Waals surface area (Å²) in [5, 5.41) is 0. The van der Waals surface area contributed by atoms with Crippen LogP contribution in [-0.2, 0) is 28.6 Å². The van der Waals surface area contributed by atoms with Gasteiger partial charge in [0, 0.05) is 19.3 Å². The molecule has 0 aromatic carbocycles. The Labute approximate surface area is 410 Å². The van der Waals surface area contributed by atoms with E-state index in [1.807, 2.05) is 0 Å². The van der Waals surface area contributed by atoms with E-state index >= 15 is 0 Å². The van der Waals surface area contributed by atoms with Gasteiger partial charge in [0.1, 0.15) is 13.2 Å². The molecule has 0 amide bonds. The Kier molecular flexibility index (Phi) is 53.2. The lowest BCUT2D eigenvalue weighted by Crippen LogP contribution is -2.30. The monoisotopic (exact) mass is 927 g/mol. The van der Waals surface area contributed by atoms with Gasteiger partial charge in [-0.05, 0) is 57.8 Å². The summed E-state index contributed by atoms with van der Waals surface area (Å²) in [5.74, 6) is -0.858. The molecule has 0 N–H and O–H groups in total. The van der Waals surface area contributed by atoms with Crippen molar-refractivity contribution in [2.24, 2.45) is 0 Å². The highest BCUT2D eigenvalue weighted by Crippen LogP contribution is 2.16. The number of hydrogen-bond acceptors (Lipinski definition) is 6. The van der Waals surface area contributed by atoms with Crippen LogP contribution < -0.4 is 0 Å². The van der Waals surface area contributed by atoms with Crippen LogP contribution in [0.15, 0.2) is 36.5 Å². The van der Waals surface area contributed by atoms with Gasteiger partial charge in [0.15, 0.2) is 6.10 Å². The maximum Gasteiger partial charge on any atom is 0.306 e. The topological polar surface area (TPSA) is 78.9 Å². The molecule has 0 aliphatic rings. The predicted molar refractivity (Wildman–Crippen MR) is 284 cm³/mol. The van der Waals surface area contributed by atoms with Gasteiger partial charge in [-0.2, -0.15) is 0 Å². The Morgan fingerprint density at radius 1 is 0.303 bits per heavy atom. The quantitative estimate of drug-likeness (QED) is 0.0262. The van der Waals surface area contributed by atoms with Crippen LogP contribution in [0, 0.1) is 0 Å². The van der Waals surface area contributed by atoms with E-state index in [1.165, 1.54) is 199 Å². The minimum absolute atomic E-state index is 0.0685. The second-order valence-electron chi connectivity index (χ2n) is 19.6. The van der Waals surface area contributed by atoms with Gasteiger partial charge in [-0.15, -0.1) is 0 Å².